The molecule has 176 valence electrons. The van der Waals surface area contributed by atoms with Gasteiger partial charge in [0.25, 0.3) is 5.91 Å². The number of benzene rings is 3. The van der Waals surface area contributed by atoms with Gasteiger partial charge in [-0.05, 0) is 48.7 Å². The fourth-order valence-corrected chi connectivity index (χ4v) is 4.23. The average molecular weight is 467 g/mol. The molecule has 1 heterocycles. The molecule has 0 radical (unpaired) electrons. The molecule has 1 aliphatic heterocycles. The summed E-state index contributed by atoms with van der Waals surface area (Å²) < 4.78 is 38.9. The summed E-state index contributed by atoms with van der Waals surface area (Å²) in [5.74, 6) is -0.641. The standard InChI is InChI=1S/C27H25F3N2O2/c1-18-7-9-19(10-8-18)16-31-25(34)26(2)15-21-5-3-4-6-23(21)24(33)32(26)17-20-11-13-22(14-12-20)27(28,29)30/h3-14H,15-17H2,1-2H3,(H,31,34)/t26-/m0/s1. The minimum Gasteiger partial charge on any atom is -0.350 e. The second-order valence-corrected chi connectivity index (χ2v) is 8.86. The molecule has 4 rings (SSSR count). The number of carbonyl (C=O) groups is 2. The molecule has 0 unspecified atom stereocenters. The van der Waals surface area contributed by atoms with E-state index in [1.807, 2.05) is 43.3 Å². The zero-order valence-corrected chi connectivity index (χ0v) is 18.9. The second kappa shape index (κ2) is 8.97. The normalized spacial score (nSPS) is 17.9. The van der Waals surface area contributed by atoms with Crippen LogP contribution < -0.4 is 5.32 Å². The van der Waals surface area contributed by atoms with Gasteiger partial charge >= 0.3 is 6.18 Å². The third-order valence-electron chi connectivity index (χ3n) is 6.31. The highest BCUT2D eigenvalue weighted by Crippen LogP contribution is 2.34. The van der Waals surface area contributed by atoms with Crippen molar-refractivity contribution in [3.8, 4) is 0 Å². The Morgan fingerprint density at radius 1 is 0.971 bits per heavy atom. The first-order valence-electron chi connectivity index (χ1n) is 11.0. The van der Waals surface area contributed by atoms with Crippen LogP contribution >= 0.6 is 0 Å². The Morgan fingerprint density at radius 2 is 1.59 bits per heavy atom. The lowest BCUT2D eigenvalue weighted by molar-refractivity contribution is -0.137. The smallest absolute Gasteiger partial charge is 0.350 e. The summed E-state index contributed by atoms with van der Waals surface area (Å²) in [4.78, 5) is 28.4. The molecular weight excluding hydrogens is 441 g/mol. The topological polar surface area (TPSA) is 49.4 Å². The number of carbonyl (C=O) groups excluding carboxylic acids is 2. The number of halogens is 3. The van der Waals surface area contributed by atoms with Crippen molar-refractivity contribution in [2.75, 3.05) is 0 Å². The van der Waals surface area contributed by atoms with Crippen molar-refractivity contribution in [2.24, 2.45) is 0 Å². The van der Waals surface area contributed by atoms with Crippen LogP contribution in [-0.2, 0) is 30.5 Å². The maximum absolute atomic E-state index is 13.4. The van der Waals surface area contributed by atoms with Gasteiger partial charge in [-0.25, -0.2) is 0 Å². The molecule has 1 atom stereocenters. The summed E-state index contributed by atoms with van der Waals surface area (Å²) >= 11 is 0. The van der Waals surface area contributed by atoms with Crippen LogP contribution in [0.3, 0.4) is 0 Å². The van der Waals surface area contributed by atoms with Gasteiger partial charge in [-0.1, -0.05) is 60.2 Å². The predicted octanol–water partition coefficient (Wildman–Crippen LogP) is 5.29. The van der Waals surface area contributed by atoms with E-state index < -0.39 is 17.3 Å². The monoisotopic (exact) mass is 466 g/mol. The van der Waals surface area contributed by atoms with Gasteiger partial charge in [0.15, 0.2) is 0 Å². The quantitative estimate of drug-likeness (QED) is 0.556. The summed E-state index contributed by atoms with van der Waals surface area (Å²) in [6.07, 6.45) is -4.14. The summed E-state index contributed by atoms with van der Waals surface area (Å²) in [6, 6.07) is 19.6. The molecule has 1 N–H and O–H groups in total. The minimum atomic E-state index is -4.44. The number of hydrogen-bond donors (Lipinski definition) is 1. The Balaban J connectivity index is 1.62. The van der Waals surface area contributed by atoms with Crippen LogP contribution in [0.4, 0.5) is 13.2 Å². The molecule has 0 aliphatic carbocycles. The van der Waals surface area contributed by atoms with Gasteiger partial charge in [-0.3, -0.25) is 9.59 Å². The number of nitrogens with one attached hydrogen (secondary N) is 1. The molecule has 7 heteroatoms. The van der Waals surface area contributed by atoms with Crippen molar-refractivity contribution < 1.29 is 22.8 Å². The lowest BCUT2D eigenvalue weighted by Gasteiger charge is -2.44. The van der Waals surface area contributed by atoms with Gasteiger partial charge in [0.2, 0.25) is 5.91 Å². The summed E-state index contributed by atoms with van der Waals surface area (Å²) in [5.41, 5.74) is 1.85. The highest BCUT2D eigenvalue weighted by Gasteiger charge is 2.46. The molecule has 3 aromatic carbocycles. The molecule has 0 saturated carbocycles. The summed E-state index contributed by atoms with van der Waals surface area (Å²) in [7, 11) is 0. The van der Waals surface area contributed by atoms with Crippen molar-refractivity contribution in [1.29, 1.82) is 0 Å². The van der Waals surface area contributed by atoms with Crippen molar-refractivity contribution in [2.45, 2.75) is 45.1 Å². The first-order chi connectivity index (χ1) is 16.1. The molecule has 3 aromatic rings. The fourth-order valence-electron chi connectivity index (χ4n) is 4.23. The number of alkyl halides is 3. The zero-order valence-electron chi connectivity index (χ0n) is 18.9. The SMILES string of the molecule is Cc1ccc(CNC(=O)[C@]2(C)Cc3ccccc3C(=O)N2Cc2ccc(C(F)(F)F)cc2)cc1. The number of rotatable bonds is 5. The first kappa shape index (κ1) is 23.5. The molecule has 34 heavy (non-hydrogen) atoms. The van der Waals surface area contributed by atoms with E-state index in [4.69, 9.17) is 0 Å². The lowest BCUT2D eigenvalue weighted by atomic mass is 9.82. The zero-order chi connectivity index (χ0) is 24.5. The fraction of sp³-hybridized carbons (Fsp3) is 0.259. The van der Waals surface area contributed by atoms with Crippen LogP contribution in [0.2, 0.25) is 0 Å². The van der Waals surface area contributed by atoms with Crippen molar-refractivity contribution >= 4 is 11.8 Å². The first-order valence-corrected chi connectivity index (χ1v) is 11.0. The van der Waals surface area contributed by atoms with Crippen LogP contribution in [0.1, 0.15) is 45.1 Å². The highest BCUT2D eigenvalue weighted by atomic mass is 19.4. The number of fused-ring (bicyclic) bond motifs is 1. The maximum atomic E-state index is 13.4. The number of hydrogen-bond acceptors (Lipinski definition) is 2. The molecule has 0 spiro atoms. The average Bonchev–Trinajstić information content (AvgIpc) is 2.81. The Hall–Kier alpha value is -3.61. The van der Waals surface area contributed by atoms with Crippen LogP contribution in [-0.4, -0.2) is 22.3 Å². The maximum Gasteiger partial charge on any atom is 0.416 e. The number of aryl methyl sites for hydroxylation is 1. The van der Waals surface area contributed by atoms with Crippen molar-refractivity contribution in [1.82, 2.24) is 10.2 Å². The number of nitrogens with zero attached hydrogens (tertiary/aromatic N) is 1. The Kier molecular flexibility index (Phi) is 6.21. The predicted molar refractivity (Wildman–Crippen MR) is 123 cm³/mol. The molecule has 1 aliphatic rings. The third kappa shape index (κ3) is 4.69. The van der Waals surface area contributed by atoms with Crippen molar-refractivity contribution in [3.63, 3.8) is 0 Å². The van der Waals surface area contributed by atoms with Gasteiger partial charge in [0.05, 0.1) is 5.56 Å². The van der Waals surface area contributed by atoms with Gasteiger partial charge in [-0.15, -0.1) is 0 Å². The van der Waals surface area contributed by atoms with Crippen LogP contribution in [0.15, 0.2) is 72.8 Å². The van der Waals surface area contributed by atoms with E-state index in [-0.39, 0.29) is 18.4 Å². The van der Waals surface area contributed by atoms with E-state index in [0.29, 0.717) is 24.1 Å². The molecule has 0 aromatic heterocycles. The Morgan fingerprint density at radius 3 is 2.24 bits per heavy atom. The largest absolute Gasteiger partial charge is 0.416 e. The Bertz CT molecular complexity index is 1200. The van der Waals surface area contributed by atoms with E-state index in [1.165, 1.54) is 17.0 Å². The second-order valence-electron chi connectivity index (χ2n) is 8.86. The van der Waals surface area contributed by atoms with Gasteiger partial charge in [0.1, 0.15) is 5.54 Å². The van der Waals surface area contributed by atoms with Crippen LogP contribution in [0, 0.1) is 6.92 Å². The van der Waals surface area contributed by atoms with Gasteiger partial charge in [-0.2, -0.15) is 13.2 Å². The molecule has 4 nitrogen and oxygen atoms in total. The summed E-state index contributed by atoms with van der Waals surface area (Å²) in [5, 5.41) is 2.94. The van der Waals surface area contributed by atoms with E-state index in [1.54, 1.807) is 19.1 Å². The lowest BCUT2D eigenvalue weighted by Crippen LogP contribution is -2.62. The van der Waals surface area contributed by atoms with Crippen LogP contribution in [0.5, 0.6) is 0 Å². The van der Waals surface area contributed by atoms with Crippen molar-refractivity contribution in [3.05, 3.63) is 106 Å². The Labute approximate surface area is 196 Å². The van der Waals surface area contributed by atoms with E-state index in [9.17, 15) is 22.8 Å². The molecule has 0 fully saturated rings. The van der Waals surface area contributed by atoms with Gasteiger partial charge in [0, 0.05) is 25.1 Å². The molecule has 2 amide bonds. The molecule has 0 bridgehead atoms. The highest BCUT2D eigenvalue weighted by molar-refractivity contribution is 6.02. The van der Waals surface area contributed by atoms with Crippen LogP contribution in [0.25, 0.3) is 0 Å². The van der Waals surface area contributed by atoms with E-state index >= 15 is 0 Å². The van der Waals surface area contributed by atoms with E-state index in [0.717, 1.165) is 28.8 Å². The van der Waals surface area contributed by atoms with E-state index in [2.05, 4.69) is 5.32 Å². The molecular formula is C27H25F3N2O2. The third-order valence-corrected chi connectivity index (χ3v) is 6.31. The van der Waals surface area contributed by atoms with Gasteiger partial charge < -0.3 is 10.2 Å². The minimum absolute atomic E-state index is 0.0136. The summed E-state index contributed by atoms with van der Waals surface area (Å²) in [6.45, 7) is 4.00. The molecule has 0 saturated heterocycles. The number of amides is 2.